The van der Waals surface area contributed by atoms with Crippen LogP contribution in [0.3, 0.4) is 0 Å². The highest BCUT2D eigenvalue weighted by atomic mass is 19.4. The van der Waals surface area contributed by atoms with E-state index in [2.05, 4.69) is 20.6 Å². The quantitative estimate of drug-likeness (QED) is 0.763. The van der Waals surface area contributed by atoms with E-state index in [0.717, 1.165) is 49.2 Å². The predicted octanol–water partition coefficient (Wildman–Crippen LogP) is 4.02. The van der Waals surface area contributed by atoms with Gasteiger partial charge in [-0.3, -0.25) is 4.79 Å². The molecule has 1 amide bonds. The molecule has 1 aliphatic rings. The topological polar surface area (TPSA) is 70.2 Å². The Hall–Kier alpha value is -2.84. The Morgan fingerprint density at radius 1 is 1.13 bits per heavy atom. The molecule has 0 unspecified atom stereocenters. The van der Waals surface area contributed by atoms with Crippen LogP contribution >= 0.6 is 0 Å². The minimum atomic E-state index is -4.47. The van der Waals surface area contributed by atoms with Crippen molar-refractivity contribution in [1.29, 1.82) is 0 Å². The van der Waals surface area contributed by atoms with Gasteiger partial charge in [0.05, 0.1) is 5.56 Å². The second kappa shape index (κ2) is 8.89. The summed E-state index contributed by atoms with van der Waals surface area (Å²) in [6.07, 6.45) is 0.458. The number of alkyl halides is 3. The molecule has 0 saturated heterocycles. The average molecular weight is 421 g/mol. The molecule has 0 atom stereocenters. The monoisotopic (exact) mass is 421 g/mol. The van der Waals surface area contributed by atoms with Crippen molar-refractivity contribution >= 4 is 17.7 Å². The lowest BCUT2D eigenvalue weighted by atomic mass is 9.91. The second-order valence-corrected chi connectivity index (χ2v) is 7.84. The van der Waals surface area contributed by atoms with E-state index >= 15 is 0 Å². The zero-order valence-electron chi connectivity index (χ0n) is 17.3. The van der Waals surface area contributed by atoms with Crippen LogP contribution in [0.4, 0.5) is 24.9 Å². The fourth-order valence-electron chi connectivity index (χ4n) is 3.48. The zero-order valence-corrected chi connectivity index (χ0v) is 17.3. The van der Waals surface area contributed by atoms with Gasteiger partial charge in [-0.1, -0.05) is 6.07 Å². The molecule has 1 fully saturated rings. The lowest BCUT2D eigenvalue weighted by Crippen LogP contribution is -2.40. The molecular formula is C21H26F3N5O. The summed E-state index contributed by atoms with van der Waals surface area (Å²) in [5.74, 6) is 0.954. The summed E-state index contributed by atoms with van der Waals surface area (Å²) in [6, 6.07) is 4.67. The molecule has 1 heterocycles. The summed E-state index contributed by atoms with van der Waals surface area (Å²) >= 11 is 0. The molecule has 1 saturated carbocycles. The molecule has 0 bridgehead atoms. The van der Waals surface area contributed by atoms with Gasteiger partial charge in [0.1, 0.15) is 5.82 Å². The Kier molecular flexibility index (Phi) is 6.48. The maximum absolute atomic E-state index is 12.9. The van der Waals surface area contributed by atoms with Crippen LogP contribution < -0.4 is 15.5 Å². The first-order valence-electron chi connectivity index (χ1n) is 9.89. The Balaban J connectivity index is 1.55. The number of aryl methyl sites for hydroxylation is 1. The van der Waals surface area contributed by atoms with Crippen molar-refractivity contribution in [1.82, 2.24) is 15.3 Å². The Morgan fingerprint density at radius 2 is 1.80 bits per heavy atom. The molecule has 1 aromatic carbocycles. The molecule has 9 heteroatoms. The molecule has 30 heavy (non-hydrogen) atoms. The third-order valence-electron chi connectivity index (χ3n) is 5.21. The normalized spacial score (nSPS) is 19.3. The van der Waals surface area contributed by atoms with Crippen LogP contribution in [0.25, 0.3) is 0 Å². The molecule has 0 radical (unpaired) electrons. The van der Waals surface area contributed by atoms with E-state index in [4.69, 9.17) is 0 Å². The van der Waals surface area contributed by atoms with Gasteiger partial charge in [-0.15, -0.1) is 0 Å². The first-order chi connectivity index (χ1) is 14.1. The van der Waals surface area contributed by atoms with Gasteiger partial charge in [-0.25, -0.2) is 4.98 Å². The molecule has 2 N–H and O–H groups in total. The molecule has 162 valence electrons. The van der Waals surface area contributed by atoms with Crippen LogP contribution in [0.2, 0.25) is 0 Å². The largest absolute Gasteiger partial charge is 0.416 e. The predicted molar refractivity (Wildman–Crippen MR) is 110 cm³/mol. The lowest BCUT2D eigenvalue weighted by Gasteiger charge is -2.30. The number of benzene rings is 1. The highest BCUT2D eigenvalue weighted by Crippen LogP contribution is 2.30. The number of hydrogen-bond donors (Lipinski definition) is 2. The minimum Gasteiger partial charge on any atom is -0.367 e. The van der Waals surface area contributed by atoms with Gasteiger partial charge in [0.15, 0.2) is 0 Å². The molecule has 0 spiro atoms. The van der Waals surface area contributed by atoms with E-state index in [1.165, 1.54) is 12.1 Å². The maximum atomic E-state index is 12.9. The van der Waals surface area contributed by atoms with Crippen molar-refractivity contribution in [3.8, 4) is 0 Å². The molecule has 1 aliphatic carbocycles. The Labute approximate surface area is 173 Å². The van der Waals surface area contributed by atoms with E-state index in [9.17, 15) is 18.0 Å². The highest BCUT2D eigenvalue weighted by Gasteiger charge is 2.31. The summed E-state index contributed by atoms with van der Waals surface area (Å²) in [6.45, 7) is 1.95. The number of halogens is 3. The zero-order chi connectivity index (χ0) is 21.9. The number of aromatic nitrogens is 2. The first-order valence-corrected chi connectivity index (χ1v) is 9.89. The third-order valence-corrected chi connectivity index (χ3v) is 5.21. The summed E-state index contributed by atoms with van der Waals surface area (Å²) in [5.41, 5.74) is 0.166. The van der Waals surface area contributed by atoms with Crippen molar-refractivity contribution in [3.05, 3.63) is 47.2 Å². The number of carbonyl (C=O) groups is 1. The Morgan fingerprint density at radius 3 is 2.43 bits per heavy atom. The number of anilines is 2. The van der Waals surface area contributed by atoms with Crippen LogP contribution in [0.5, 0.6) is 0 Å². The first kappa shape index (κ1) is 21.9. The highest BCUT2D eigenvalue weighted by molar-refractivity contribution is 5.94. The van der Waals surface area contributed by atoms with E-state index in [1.807, 2.05) is 25.9 Å². The number of hydrogen-bond acceptors (Lipinski definition) is 5. The molecule has 2 aromatic rings. The Bertz CT molecular complexity index is 892. The summed E-state index contributed by atoms with van der Waals surface area (Å²) in [7, 11) is 3.76. The van der Waals surface area contributed by atoms with Gasteiger partial charge < -0.3 is 15.5 Å². The van der Waals surface area contributed by atoms with Crippen LogP contribution in [0.1, 0.15) is 47.2 Å². The number of nitrogens with one attached hydrogen (secondary N) is 2. The lowest BCUT2D eigenvalue weighted by molar-refractivity contribution is -0.137. The van der Waals surface area contributed by atoms with Crippen LogP contribution in [-0.2, 0) is 6.18 Å². The van der Waals surface area contributed by atoms with Crippen LogP contribution in [0.15, 0.2) is 30.5 Å². The maximum Gasteiger partial charge on any atom is 0.416 e. The molecule has 1 aromatic heterocycles. The standard InChI is InChI=1S/C21H26F3N5O/c1-13-12-25-20(29(2)3)28-18(13)26-16-7-9-17(10-8-16)27-19(30)14-5-4-6-15(11-14)21(22,23)24/h4-6,11-12,16-17H,7-10H2,1-3H3,(H,27,30)(H,25,26,28)/t16-,17+. The van der Waals surface area contributed by atoms with E-state index < -0.39 is 17.6 Å². The molecule has 3 rings (SSSR count). The van der Waals surface area contributed by atoms with Crippen molar-refractivity contribution in [2.24, 2.45) is 0 Å². The van der Waals surface area contributed by atoms with Crippen molar-refractivity contribution in [3.63, 3.8) is 0 Å². The van der Waals surface area contributed by atoms with Gasteiger partial charge in [-0.2, -0.15) is 18.2 Å². The fraction of sp³-hybridized carbons (Fsp3) is 0.476. The number of rotatable bonds is 5. The smallest absolute Gasteiger partial charge is 0.367 e. The van der Waals surface area contributed by atoms with Gasteiger partial charge in [0, 0.05) is 43.5 Å². The molecule has 6 nitrogen and oxygen atoms in total. The van der Waals surface area contributed by atoms with Gasteiger partial charge in [0.2, 0.25) is 5.95 Å². The molecule has 0 aliphatic heterocycles. The van der Waals surface area contributed by atoms with Crippen molar-refractivity contribution in [2.45, 2.75) is 50.9 Å². The van der Waals surface area contributed by atoms with Gasteiger partial charge in [-0.05, 0) is 50.8 Å². The third kappa shape index (κ3) is 5.40. The van der Waals surface area contributed by atoms with E-state index in [-0.39, 0.29) is 17.6 Å². The number of amides is 1. The van der Waals surface area contributed by atoms with E-state index in [1.54, 1.807) is 6.20 Å². The minimum absolute atomic E-state index is 0.0258. The van der Waals surface area contributed by atoms with Crippen molar-refractivity contribution in [2.75, 3.05) is 24.3 Å². The summed E-state index contributed by atoms with van der Waals surface area (Å²) < 4.78 is 38.6. The number of nitrogens with zero attached hydrogens (tertiary/aromatic N) is 3. The van der Waals surface area contributed by atoms with Gasteiger partial charge >= 0.3 is 6.18 Å². The van der Waals surface area contributed by atoms with Crippen LogP contribution in [-0.4, -0.2) is 42.1 Å². The summed E-state index contributed by atoms with van der Waals surface area (Å²) in [4.78, 5) is 23.1. The van der Waals surface area contributed by atoms with Gasteiger partial charge in [0.25, 0.3) is 5.91 Å². The van der Waals surface area contributed by atoms with E-state index in [0.29, 0.717) is 5.95 Å². The molecular weight excluding hydrogens is 395 g/mol. The second-order valence-electron chi connectivity index (χ2n) is 7.84. The number of carbonyl (C=O) groups excluding carboxylic acids is 1. The van der Waals surface area contributed by atoms with Crippen LogP contribution in [0, 0.1) is 6.92 Å². The fourth-order valence-corrected chi connectivity index (χ4v) is 3.48. The van der Waals surface area contributed by atoms with Crippen molar-refractivity contribution < 1.29 is 18.0 Å². The summed E-state index contributed by atoms with van der Waals surface area (Å²) in [5, 5.41) is 6.33. The SMILES string of the molecule is Cc1cnc(N(C)C)nc1N[C@H]1CC[C@@H](NC(=O)c2cccc(C(F)(F)F)c2)CC1. The average Bonchev–Trinajstić information content (AvgIpc) is 2.70.